The molecule has 0 aromatic carbocycles. The van der Waals surface area contributed by atoms with E-state index in [0.717, 1.165) is 109 Å². The standard InChI is InChI=1S/C50H79NO3/c1-3-5-7-9-10-11-12-13-14-15-16-17-18-19-20-21-22-23-24-25-26-27-28-29-30-31-32-33-34-35-36-37-38-39-40-42-44-46-50(54)51-48(47-52)49(53)45-43-41-8-6-4-2/h5,7,10-11,13-14,16-17,19-20,22-23,25-26,28-29,31-32,34-35,37-38,48-49,52-53H,3-4,6,8-9,12,15,18,21,24,27,30,33,36,39-47H2,1-2H3,(H,51,54)/b7-5-,11-10-,14-13-,17-16-,20-19-,23-22-,26-25-,29-28-,32-31-,35-34-,38-37-. The fourth-order valence-electron chi connectivity index (χ4n) is 5.42. The highest BCUT2D eigenvalue weighted by Crippen LogP contribution is 2.11. The third-order valence-corrected chi connectivity index (χ3v) is 8.68. The predicted molar refractivity (Wildman–Crippen MR) is 238 cm³/mol. The zero-order valence-electron chi connectivity index (χ0n) is 34.4. The number of amides is 1. The Kier molecular flexibility index (Phi) is 41.1. The Bertz CT molecular complexity index is 1160. The van der Waals surface area contributed by atoms with E-state index in [1.54, 1.807) is 0 Å². The molecule has 0 aliphatic carbocycles. The number of rotatable bonds is 36. The van der Waals surface area contributed by atoms with Gasteiger partial charge in [-0.1, -0.05) is 186 Å². The van der Waals surface area contributed by atoms with Gasteiger partial charge < -0.3 is 15.5 Å². The van der Waals surface area contributed by atoms with Gasteiger partial charge in [-0.25, -0.2) is 0 Å². The van der Waals surface area contributed by atoms with Gasteiger partial charge in [0.05, 0.1) is 18.8 Å². The van der Waals surface area contributed by atoms with Crippen LogP contribution in [0.5, 0.6) is 0 Å². The molecule has 0 fully saturated rings. The van der Waals surface area contributed by atoms with Gasteiger partial charge in [-0.05, 0) is 96.3 Å². The van der Waals surface area contributed by atoms with E-state index in [0.29, 0.717) is 12.8 Å². The van der Waals surface area contributed by atoms with Gasteiger partial charge in [0.2, 0.25) is 5.91 Å². The second kappa shape index (κ2) is 43.9. The highest BCUT2D eigenvalue weighted by molar-refractivity contribution is 5.76. The summed E-state index contributed by atoms with van der Waals surface area (Å²) < 4.78 is 0. The molecule has 0 aliphatic rings. The van der Waals surface area contributed by atoms with Gasteiger partial charge in [-0.15, -0.1) is 0 Å². The molecule has 302 valence electrons. The van der Waals surface area contributed by atoms with Crippen molar-refractivity contribution in [1.29, 1.82) is 0 Å². The van der Waals surface area contributed by atoms with Crippen molar-refractivity contribution in [2.24, 2.45) is 0 Å². The lowest BCUT2D eigenvalue weighted by Crippen LogP contribution is -2.45. The minimum absolute atomic E-state index is 0.0783. The Labute approximate surface area is 332 Å². The molecule has 4 heteroatoms. The molecular weight excluding hydrogens is 663 g/mol. The number of hydrogen-bond acceptors (Lipinski definition) is 3. The SMILES string of the molecule is CC/C=C\C/C=C\C/C=C\C/C=C\C/C=C\C/C=C\C/C=C\C/C=C\C/C=C\C/C=C\C/C=C\CCCCCC(=O)NC(CO)C(O)CCCCCCC. The summed E-state index contributed by atoms with van der Waals surface area (Å²) in [5.41, 5.74) is 0. The molecular formula is C50H79NO3. The predicted octanol–water partition coefficient (Wildman–Crippen LogP) is 13.6. The zero-order valence-corrected chi connectivity index (χ0v) is 34.4. The first-order chi connectivity index (χ1) is 26.7. The Morgan fingerprint density at radius 3 is 1.19 bits per heavy atom. The fraction of sp³-hybridized carbons (Fsp3) is 0.540. The first kappa shape index (κ1) is 50.5. The van der Waals surface area contributed by atoms with Crippen LogP contribution in [0.25, 0.3) is 0 Å². The fourth-order valence-corrected chi connectivity index (χ4v) is 5.42. The Balaban J connectivity index is 3.71. The number of allylic oxidation sites excluding steroid dienone is 22. The molecule has 4 nitrogen and oxygen atoms in total. The maximum atomic E-state index is 12.2. The molecule has 0 bridgehead atoms. The van der Waals surface area contributed by atoms with Crippen LogP contribution in [0.15, 0.2) is 134 Å². The molecule has 0 rings (SSSR count). The van der Waals surface area contributed by atoms with E-state index in [4.69, 9.17) is 0 Å². The minimum Gasteiger partial charge on any atom is -0.394 e. The largest absolute Gasteiger partial charge is 0.394 e. The molecule has 0 aliphatic heterocycles. The lowest BCUT2D eigenvalue weighted by atomic mass is 10.0. The van der Waals surface area contributed by atoms with Crippen molar-refractivity contribution in [1.82, 2.24) is 5.32 Å². The summed E-state index contributed by atoms with van der Waals surface area (Å²) in [4.78, 5) is 12.2. The quantitative estimate of drug-likeness (QED) is 0.0442. The van der Waals surface area contributed by atoms with Crippen LogP contribution in [0.2, 0.25) is 0 Å². The molecule has 54 heavy (non-hydrogen) atoms. The Morgan fingerprint density at radius 1 is 0.463 bits per heavy atom. The summed E-state index contributed by atoms with van der Waals surface area (Å²) in [5, 5.41) is 22.7. The highest BCUT2D eigenvalue weighted by Gasteiger charge is 2.19. The molecule has 0 radical (unpaired) electrons. The number of carbonyl (C=O) groups excluding carboxylic acids is 1. The number of unbranched alkanes of at least 4 members (excludes halogenated alkanes) is 7. The van der Waals surface area contributed by atoms with Gasteiger partial charge in [0.1, 0.15) is 0 Å². The third-order valence-electron chi connectivity index (χ3n) is 8.68. The number of carbonyl (C=O) groups is 1. The minimum atomic E-state index is -0.679. The molecule has 0 saturated heterocycles. The van der Waals surface area contributed by atoms with Crippen LogP contribution in [-0.4, -0.2) is 34.9 Å². The van der Waals surface area contributed by atoms with Crippen LogP contribution in [-0.2, 0) is 4.79 Å². The van der Waals surface area contributed by atoms with Crippen LogP contribution < -0.4 is 5.32 Å². The van der Waals surface area contributed by atoms with Gasteiger partial charge in [0.25, 0.3) is 0 Å². The van der Waals surface area contributed by atoms with Crippen LogP contribution in [0.3, 0.4) is 0 Å². The van der Waals surface area contributed by atoms with Crippen LogP contribution in [0.1, 0.15) is 155 Å². The molecule has 1 amide bonds. The number of aliphatic hydroxyl groups excluding tert-OH is 2. The van der Waals surface area contributed by atoms with Crippen molar-refractivity contribution in [3.63, 3.8) is 0 Å². The van der Waals surface area contributed by atoms with E-state index in [2.05, 4.69) is 153 Å². The summed E-state index contributed by atoms with van der Waals surface area (Å²) in [6, 6.07) is -0.560. The summed E-state index contributed by atoms with van der Waals surface area (Å²) in [5.74, 6) is -0.0783. The van der Waals surface area contributed by atoms with Gasteiger partial charge in [0, 0.05) is 6.42 Å². The Hall–Kier alpha value is -3.47. The molecule has 0 aromatic rings. The van der Waals surface area contributed by atoms with E-state index in [9.17, 15) is 15.0 Å². The average molecular weight is 742 g/mol. The average Bonchev–Trinajstić information content (AvgIpc) is 3.18. The third kappa shape index (κ3) is 39.7. The van der Waals surface area contributed by atoms with E-state index in [-0.39, 0.29) is 12.5 Å². The maximum Gasteiger partial charge on any atom is 0.220 e. The molecule has 2 atom stereocenters. The van der Waals surface area contributed by atoms with Crippen LogP contribution in [0, 0.1) is 0 Å². The number of hydrogen-bond donors (Lipinski definition) is 3. The molecule has 0 spiro atoms. The van der Waals surface area contributed by atoms with Crippen molar-refractivity contribution in [2.75, 3.05) is 6.61 Å². The first-order valence-corrected chi connectivity index (χ1v) is 21.4. The molecule has 3 N–H and O–H groups in total. The van der Waals surface area contributed by atoms with Crippen LogP contribution in [0.4, 0.5) is 0 Å². The molecule has 0 aromatic heterocycles. The highest BCUT2D eigenvalue weighted by atomic mass is 16.3. The summed E-state index contributed by atoms with van der Waals surface area (Å²) in [7, 11) is 0. The lowest BCUT2D eigenvalue weighted by Gasteiger charge is -2.22. The van der Waals surface area contributed by atoms with Crippen LogP contribution >= 0.6 is 0 Å². The van der Waals surface area contributed by atoms with Gasteiger partial charge in [0.15, 0.2) is 0 Å². The maximum absolute atomic E-state index is 12.2. The lowest BCUT2D eigenvalue weighted by molar-refractivity contribution is -0.123. The van der Waals surface area contributed by atoms with Crippen molar-refractivity contribution in [3.8, 4) is 0 Å². The van der Waals surface area contributed by atoms with Crippen molar-refractivity contribution >= 4 is 5.91 Å². The van der Waals surface area contributed by atoms with Gasteiger partial charge >= 0.3 is 0 Å². The number of nitrogens with one attached hydrogen (secondary N) is 1. The summed E-state index contributed by atoms with van der Waals surface area (Å²) in [6.07, 6.45) is 69.9. The first-order valence-electron chi connectivity index (χ1n) is 21.4. The second-order valence-corrected chi connectivity index (χ2v) is 13.7. The topological polar surface area (TPSA) is 69.6 Å². The normalized spacial score (nSPS) is 14.4. The van der Waals surface area contributed by atoms with Crippen molar-refractivity contribution in [2.45, 2.75) is 167 Å². The molecule has 0 heterocycles. The van der Waals surface area contributed by atoms with E-state index in [1.807, 2.05) is 0 Å². The van der Waals surface area contributed by atoms with Crippen molar-refractivity contribution in [3.05, 3.63) is 134 Å². The molecule has 0 saturated carbocycles. The summed E-state index contributed by atoms with van der Waals surface area (Å²) in [6.45, 7) is 4.12. The smallest absolute Gasteiger partial charge is 0.220 e. The van der Waals surface area contributed by atoms with Crippen molar-refractivity contribution < 1.29 is 15.0 Å². The molecule has 2 unspecified atom stereocenters. The monoisotopic (exact) mass is 742 g/mol. The van der Waals surface area contributed by atoms with Gasteiger partial charge in [-0.3, -0.25) is 4.79 Å². The number of aliphatic hydroxyl groups is 2. The Morgan fingerprint density at radius 2 is 0.815 bits per heavy atom. The zero-order chi connectivity index (χ0) is 39.3. The summed E-state index contributed by atoms with van der Waals surface area (Å²) >= 11 is 0. The van der Waals surface area contributed by atoms with E-state index >= 15 is 0 Å². The second-order valence-electron chi connectivity index (χ2n) is 13.7. The van der Waals surface area contributed by atoms with E-state index in [1.165, 1.54) is 19.3 Å². The van der Waals surface area contributed by atoms with E-state index < -0.39 is 12.1 Å². The van der Waals surface area contributed by atoms with Gasteiger partial charge in [-0.2, -0.15) is 0 Å².